The second-order valence-electron chi connectivity index (χ2n) is 4.99. The number of aromatic nitrogens is 2. The molecule has 0 fully saturated rings. The van der Waals surface area contributed by atoms with Crippen molar-refractivity contribution in [3.63, 3.8) is 0 Å². The van der Waals surface area contributed by atoms with Crippen molar-refractivity contribution in [2.45, 2.75) is 19.7 Å². The summed E-state index contributed by atoms with van der Waals surface area (Å²) in [6.45, 7) is 3.43. The van der Waals surface area contributed by atoms with Crippen molar-refractivity contribution in [1.82, 2.24) is 9.55 Å². The summed E-state index contributed by atoms with van der Waals surface area (Å²) in [7, 11) is 0. The van der Waals surface area contributed by atoms with Crippen LogP contribution in [-0.2, 0) is 5.88 Å². The Labute approximate surface area is 126 Å². The van der Waals surface area contributed by atoms with Gasteiger partial charge in [-0.15, -0.1) is 11.6 Å². The highest BCUT2D eigenvalue weighted by Crippen LogP contribution is 2.28. The maximum atomic E-state index is 14.3. The summed E-state index contributed by atoms with van der Waals surface area (Å²) in [4.78, 5) is 4.40. The van der Waals surface area contributed by atoms with Crippen LogP contribution in [0, 0.1) is 25.5 Å². The first-order valence-electron chi connectivity index (χ1n) is 6.52. The molecule has 3 rings (SSSR count). The second-order valence-corrected chi connectivity index (χ2v) is 5.26. The molecule has 3 aromatic rings. The van der Waals surface area contributed by atoms with Gasteiger partial charge in [0.2, 0.25) is 0 Å². The molecular weight excluding hydrogens is 294 g/mol. The van der Waals surface area contributed by atoms with E-state index in [4.69, 9.17) is 11.6 Å². The Bertz CT molecular complexity index is 840. The number of aryl methyl sites for hydroxylation is 2. The monoisotopic (exact) mass is 306 g/mol. The minimum atomic E-state index is -0.497. The van der Waals surface area contributed by atoms with Gasteiger partial charge in [-0.3, -0.25) is 4.57 Å². The molecule has 0 aliphatic carbocycles. The van der Waals surface area contributed by atoms with Crippen LogP contribution in [0.3, 0.4) is 0 Å². The topological polar surface area (TPSA) is 17.8 Å². The van der Waals surface area contributed by atoms with Crippen molar-refractivity contribution < 1.29 is 8.78 Å². The number of hydrogen-bond acceptors (Lipinski definition) is 1. The van der Waals surface area contributed by atoms with E-state index in [1.54, 1.807) is 4.57 Å². The number of nitrogens with zero attached hydrogens (tertiary/aromatic N) is 2. The van der Waals surface area contributed by atoms with Crippen molar-refractivity contribution >= 4 is 22.6 Å². The van der Waals surface area contributed by atoms with Crippen molar-refractivity contribution in [3.05, 3.63) is 58.9 Å². The standard InChI is InChI=1S/C16H13ClF2N2/c1-9-4-3-5-13-16(9)21(15(8-17)20-13)14-7-11(18)10(2)6-12(14)19/h3-7H,8H2,1-2H3. The first kappa shape index (κ1) is 14.0. The number of hydrogen-bond donors (Lipinski definition) is 0. The highest BCUT2D eigenvalue weighted by molar-refractivity contribution is 6.17. The van der Waals surface area contributed by atoms with Crippen LogP contribution in [0.25, 0.3) is 16.7 Å². The highest BCUT2D eigenvalue weighted by Gasteiger charge is 2.17. The van der Waals surface area contributed by atoms with Crippen LogP contribution in [0.4, 0.5) is 8.78 Å². The number of alkyl halides is 1. The van der Waals surface area contributed by atoms with Gasteiger partial charge < -0.3 is 0 Å². The Kier molecular flexibility index (Phi) is 3.41. The van der Waals surface area contributed by atoms with Crippen molar-refractivity contribution in [2.24, 2.45) is 0 Å². The Balaban J connectivity index is 2.41. The molecule has 0 saturated carbocycles. The van der Waals surface area contributed by atoms with Crippen LogP contribution >= 0.6 is 11.6 Å². The van der Waals surface area contributed by atoms with Gasteiger partial charge in [0.1, 0.15) is 17.5 Å². The van der Waals surface area contributed by atoms with E-state index in [9.17, 15) is 8.78 Å². The fourth-order valence-corrected chi connectivity index (χ4v) is 2.68. The van der Waals surface area contributed by atoms with Crippen molar-refractivity contribution in [3.8, 4) is 5.69 Å². The van der Waals surface area contributed by atoms with Crippen LogP contribution in [0.15, 0.2) is 30.3 Å². The van der Waals surface area contributed by atoms with Crippen LogP contribution in [0.1, 0.15) is 17.0 Å². The summed E-state index contributed by atoms with van der Waals surface area (Å²) >= 11 is 5.93. The molecule has 1 heterocycles. The third kappa shape index (κ3) is 2.20. The molecule has 0 bridgehead atoms. The minimum absolute atomic E-state index is 0.114. The van der Waals surface area contributed by atoms with Gasteiger partial charge in [0, 0.05) is 6.07 Å². The van der Waals surface area contributed by atoms with Crippen LogP contribution in [0.5, 0.6) is 0 Å². The lowest BCUT2D eigenvalue weighted by Gasteiger charge is -2.11. The molecule has 0 radical (unpaired) electrons. The van der Waals surface area contributed by atoms with E-state index in [1.165, 1.54) is 19.1 Å². The zero-order chi connectivity index (χ0) is 15.1. The van der Waals surface area contributed by atoms with Gasteiger partial charge in [0.25, 0.3) is 0 Å². The molecule has 1 aromatic heterocycles. The molecule has 2 nitrogen and oxygen atoms in total. The van der Waals surface area contributed by atoms with E-state index in [0.717, 1.165) is 11.1 Å². The van der Waals surface area contributed by atoms with Crippen molar-refractivity contribution in [1.29, 1.82) is 0 Å². The number of para-hydroxylation sites is 1. The molecule has 108 valence electrons. The molecule has 2 aromatic carbocycles. The molecule has 0 atom stereocenters. The van der Waals surface area contributed by atoms with Crippen LogP contribution in [-0.4, -0.2) is 9.55 Å². The van der Waals surface area contributed by atoms with Gasteiger partial charge in [-0.2, -0.15) is 0 Å². The fraction of sp³-hybridized carbons (Fsp3) is 0.188. The van der Waals surface area contributed by atoms with E-state index in [1.807, 2.05) is 25.1 Å². The number of benzene rings is 2. The summed E-state index contributed by atoms with van der Waals surface area (Å²) in [5, 5.41) is 0. The van der Waals surface area contributed by atoms with E-state index >= 15 is 0 Å². The Morgan fingerprint density at radius 3 is 2.57 bits per heavy atom. The first-order chi connectivity index (χ1) is 10.0. The maximum Gasteiger partial charge on any atom is 0.147 e. The molecular formula is C16H13ClF2N2. The molecule has 21 heavy (non-hydrogen) atoms. The molecule has 0 amide bonds. The van der Waals surface area contributed by atoms with Gasteiger partial charge in [-0.25, -0.2) is 13.8 Å². The predicted octanol–water partition coefficient (Wildman–Crippen LogP) is 4.66. The third-order valence-corrected chi connectivity index (χ3v) is 3.78. The highest BCUT2D eigenvalue weighted by atomic mass is 35.5. The van der Waals surface area contributed by atoms with Gasteiger partial charge in [-0.1, -0.05) is 12.1 Å². The van der Waals surface area contributed by atoms with E-state index in [2.05, 4.69) is 4.98 Å². The molecule has 0 spiro atoms. The molecule has 0 N–H and O–H groups in total. The molecule has 0 aliphatic heterocycles. The summed E-state index contributed by atoms with van der Waals surface area (Å²) in [5.41, 5.74) is 2.79. The predicted molar refractivity (Wildman–Crippen MR) is 80.0 cm³/mol. The fourth-order valence-electron chi connectivity index (χ4n) is 2.50. The third-order valence-electron chi connectivity index (χ3n) is 3.54. The zero-order valence-electron chi connectivity index (χ0n) is 11.6. The number of fused-ring (bicyclic) bond motifs is 1. The minimum Gasteiger partial charge on any atom is -0.292 e. The molecule has 0 saturated heterocycles. The summed E-state index contributed by atoms with van der Waals surface area (Å²) in [6.07, 6.45) is 0. The number of rotatable bonds is 2. The Morgan fingerprint density at radius 2 is 1.86 bits per heavy atom. The summed E-state index contributed by atoms with van der Waals surface area (Å²) in [5.74, 6) is -0.350. The first-order valence-corrected chi connectivity index (χ1v) is 7.05. The van der Waals surface area contributed by atoms with Crippen LogP contribution in [0.2, 0.25) is 0 Å². The molecule has 0 aliphatic rings. The number of halogens is 3. The maximum absolute atomic E-state index is 14.3. The summed E-state index contributed by atoms with van der Waals surface area (Å²) in [6, 6.07) is 7.98. The van der Waals surface area contributed by atoms with Crippen LogP contribution < -0.4 is 0 Å². The SMILES string of the molecule is Cc1cc(F)c(-n2c(CCl)nc3cccc(C)c32)cc1F. The van der Waals surface area contributed by atoms with E-state index in [-0.39, 0.29) is 17.1 Å². The van der Waals surface area contributed by atoms with Gasteiger partial charge in [0.15, 0.2) is 0 Å². The smallest absolute Gasteiger partial charge is 0.147 e. The Hall–Kier alpha value is -1.94. The van der Waals surface area contributed by atoms with Gasteiger partial charge >= 0.3 is 0 Å². The largest absolute Gasteiger partial charge is 0.292 e. The van der Waals surface area contributed by atoms with Crippen molar-refractivity contribution in [2.75, 3.05) is 0 Å². The van der Waals surface area contributed by atoms with E-state index in [0.29, 0.717) is 11.3 Å². The zero-order valence-corrected chi connectivity index (χ0v) is 12.4. The number of imidazole rings is 1. The van der Waals surface area contributed by atoms with Gasteiger partial charge in [0.05, 0.1) is 22.6 Å². The summed E-state index contributed by atoms with van der Waals surface area (Å²) < 4.78 is 29.8. The Morgan fingerprint density at radius 1 is 1.10 bits per heavy atom. The van der Waals surface area contributed by atoms with Gasteiger partial charge in [-0.05, 0) is 37.1 Å². The second kappa shape index (κ2) is 5.11. The average molecular weight is 307 g/mol. The van der Waals surface area contributed by atoms with E-state index < -0.39 is 11.6 Å². The average Bonchev–Trinajstić information content (AvgIpc) is 2.82. The lowest BCUT2D eigenvalue weighted by atomic mass is 10.1. The quantitative estimate of drug-likeness (QED) is 0.630. The molecule has 5 heteroatoms. The lowest BCUT2D eigenvalue weighted by molar-refractivity contribution is 0.585. The normalized spacial score (nSPS) is 11.3. The molecule has 0 unspecified atom stereocenters. The lowest BCUT2D eigenvalue weighted by Crippen LogP contribution is -2.04.